The van der Waals surface area contributed by atoms with Gasteiger partial charge in [-0.05, 0) is 63.3 Å². The number of aldehydes is 1. The average molecular weight is 252 g/mol. The van der Waals surface area contributed by atoms with E-state index < -0.39 is 0 Å². The third-order valence-corrected chi connectivity index (χ3v) is 3.69. The Morgan fingerprint density at radius 1 is 1.06 bits per heavy atom. The van der Waals surface area contributed by atoms with Crippen molar-refractivity contribution in [2.45, 2.75) is 53.1 Å². The molecular formula is C15H25OP. The van der Waals surface area contributed by atoms with E-state index >= 15 is 0 Å². The van der Waals surface area contributed by atoms with Gasteiger partial charge in [0.1, 0.15) is 6.29 Å². The molecule has 1 aromatic carbocycles. The van der Waals surface area contributed by atoms with E-state index in [-0.39, 0.29) is 5.16 Å². The van der Waals surface area contributed by atoms with Crippen LogP contribution in [0.4, 0.5) is 0 Å². The summed E-state index contributed by atoms with van der Waals surface area (Å²) in [4.78, 5) is 10.0. The molecule has 1 aromatic rings. The van der Waals surface area contributed by atoms with E-state index in [9.17, 15) is 4.79 Å². The second kappa shape index (κ2) is 6.91. The van der Waals surface area contributed by atoms with Crippen LogP contribution < -0.4 is 0 Å². The van der Waals surface area contributed by atoms with Gasteiger partial charge in [-0.15, -0.1) is 9.24 Å². The van der Waals surface area contributed by atoms with Crippen molar-refractivity contribution in [3.8, 4) is 0 Å². The van der Waals surface area contributed by atoms with Gasteiger partial charge in [0.2, 0.25) is 0 Å². The Morgan fingerprint density at radius 3 is 1.47 bits per heavy atom. The Morgan fingerprint density at radius 2 is 1.35 bits per heavy atom. The quantitative estimate of drug-likeness (QED) is 0.571. The third-order valence-electron chi connectivity index (χ3n) is 3.14. The number of rotatable bonds is 2. The summed E-state index contributed by atoms with van der Waals surface area (Å²) < 4.78 is 0. The van der Waals surface area contributed by atoms with Crippen LogP contribution in [0.2, 0.25) is 0 Å². The van der Waals surface area contributed by atoms with Crippen LogP contribution in [-0.2, 0) is 4.79 Å². The summed E-state index contributed by atoms with van der Waals surface area (Å²) >= 11 is 0. The number of carbonyl (C=O) groups is 1. The standard InChI is InChI=1S/C10H14.C5H11OP/c1-7-5-9(3)10(4)6-8(7)2;1-3-5(2,7)4-6/h5-6H,1-4H3;4H,3,7H2,1-2H3. The van der Waals surface area contributed by atoms with E-state index in [1.165, 1.54) is 22.3 Å². The van der Waals surface area contributed by atoms with E-state index in [0.29, 0.717) is 0 Å². The van der Waals surface area contributed by atoms with Gasteiger partial charge in [0.05, 0.1) is 0 Å². The lowest BCUT2D eigenvalue weighted by atomic mass is 10.0. The number of benzene rings is 1. The number of carbonyl (C=O) groups excluding carboxylic acids is 1. The van der Waals surface area contributed by atoms with Gasteiger partial charge in [-0.2, -0.15) is 0 Å². The van der Waals surface area contributed by atoms with Crippen LogP contribution in [0.1, 0.15) is 42.5 Å². The lowest BCUT2D eigenvalue weighted by Gasteiger charge is -2.10. The Labute approximate surface area is 108 Å². The second-order valence-corrected chi connectivity index (χ2v) is 6.32. The highest BCUT2D eigenvalue weighted by Crippen LogP contribution is 2.17. The summed E-state index contributed by atoms with van der Waals surface area (Å²) in [5.41, 5.74) is 5.57. The van der Waals surface area contributed by atoms with Crippen LogP contribution in [0.3, 0.4) is 0 Å². The van der Waals surface area contributed by atoms with Gasteiger partial charge >= 0.3 is 0 Å². The minimum Gasteiger partial charge on any atom is -0.302 e. The molecule has 96 valence electrons. The van der Waals surface area contributed by atoms with Crippen molar-refractivity contribution < 1.29 is 4.79 Å². The highest BCUT2D eigenvalue weighted by atomic mass is 31.0. The lowest BCUT2D eigenvalue weighted by molar-refractivity contribution is -0.109. The normalized spacial score (nSPS) is 13.4. The van der Waals surface area contributed by atoms with Gasteiger partial charge in [-0.1, -0.05) is 19.1 Å². The van der Waals surface area contributed by atoms with E-state index in [1.807, 2.05) is 13.8 Å². The van der Waals surface area contributed by atoms with Crippen LogP contribution in [-0.4, -0.2) is 11.4 Å². The summed E-state index contributed by atoms with van der Waals surface area (Å²) in [6, 6.07) is 4.48. The first kappa shape index (κ1) is 16.3. The van der Waals surface area contributed by atoms with Crippen LogP contribution in [0.15, 0.2) is 12.1 Å². The Kier molecular flexibility index (Phi) is 6.64. The molecular weight excluding hydrogens is 227 g/mol. The predicted molar refractivity (Wildman–Crippen MR) is 79.9 cm³/mol. The van der Waals surface area contributed by atoms with Crippen LogP contribution >= 0.6 is 9.24 Å². The first-order valence-corrected chi connectivity index (χ1v) is 6.61. The molecule has 1 rings (SSSR count). The summed E-state index contributed by atoms with van der Waals surface area (Å²) in [5, 5.41) is -0.181. The minimum atomic E-state index is -0.181. The van der Waals surface area contributed by atoms with E-state index in [4.69, 9.17) is 0 Å². The molecule has 0 aliphatic heterocycles. The fraction of sp³-hybridized carbons (Fsp3) is 0.533. The molecule has 0 N–H and O–H groups in total. The lowest BCUT2D eigenvalue weighted by Crippen LogP contribution is -2.14. The summed E-state index contributed by atoms with van der Waals surface area (Å²) in [5.74, 6) is 0. The van der Waals surface area contributed by atoms with Crippen molar-refractivity contribution in [1.82, 2.24) is 0 Å². The Bertz CT molecular complexity index is 331. The van der Waals surface area contributed by atoms with Gasteiger partial charge in [0, 0.05) is 5.16 Å². The summed E-state index contributed by atoms with van der Waals surface area (Å²) in [7, 11) is 2.50. The minimum absolute atomic E-state index is 0.181. The third kappa shape index (κ3) is 5.98. The van der Waals surface area contributed by atoms with Crippen LogP contribution in [0.25, 0.3) is 0 Å². The van der Waals surface area contributed by atoms with Crippen molar-refractivity contribution in [1.29, 1.82) is 0 Å². The van der Waals surface area contributed by atoms with Crippen LogP contribution in [0, 0.1) is 27.7 Å². The van der Waals surface area contributed by atoms with E-state index in [0.717, 1.165) is 12.7 Å². The number of hydrogen-bond donors (Lipinski definition) is 0. The topological polar surface area (TPSA) is 17.1 Å². The molecule has 2 unspecified atom stereocenters. The first-order chi connectivity index (χ1) is 7.73. The van der Waals surface area contributed by atoms with E-state index in [2.05, 4.69) is 49.1 Å². The van der Waals surface area contributed by atoms with Crippen molar-refractivity contribution in [2.24, 2.45) is 0 Å². The molecule has 1 nitrogen and oxygen atoms in total. The van der Waals surface area contributed by atoms with Crippen molar-refractivity contribution in [3.05, 3.63) is 34.4 Å². The average Bonchev–Trinajstić information content (AvgIpc) is 2.27. The van der Waals surface area contributed by atoms with Crippen molar-refractivity contribution >= 4 is 15.5 Å². The fourth-order valence-electron chi connectivity index (χ4n) is 1.19. The summed E-state index contributed by atoms with van der Waals surface area (Å²) in [6.45, 7) is 12.5. The predicted octanol–water partition coefficient (Wildman–Crippen LogP) is 4.15. The zero-order valence-corrected chi connectivity index (χ0v) is 13.1. The van der Waals surface area contributed by atoms with Gasteiger partial charge in [-0.25, -0.2) is 0 Å². The molecule has 2 heteroatoms. The Balaban J connectivity index is 0.000000325. The largest absolute Gasteiger partial charge is 0.302 e. The van der Waals surface area contributed by atoms with Crippen molar-refractivity contribution in [3.63, 3.8) is 0 Å². The highest BCUT2D eigenvalue weighted by Gasteiger charge is 2.11. The molecule has 0 aliphatic carbocycles. The van der Waals surface area contributed by atoms with Gasteiger partial charge in [0.15, 0.2) is 0 Å². The maximum Gasteiger partial charge on any atom is 0.129 e. The fourth-order valence-corrected chi connectivity index (χ4v) is 1.19. The molecule has 0 aliphatic rings. The molecule has 0 bridgehead atoms. The molecule has 0 radical (unpaired) electrons. The van der Waals surface area contributed by atoms with Crippen LogP contribution in [0.5, 0.6) is 0 Å². The molecule has 17 heavy (non-hydrogen) atoms. The van der Waals surface area contributed by atoms with Gasteiger partial charge in [-0.3, -0.25) is 0 Å². The van der Waals surface area contributed by atoms with E-state index in [1.54, 1.807) is 0 Å². The maximum atomic E-state index is 10.0. The molecule has 0 fully saturated rings. The highest BCUT2D eigenvalue weighted by molar-refractivity contribution is 7.20. The first-order valence-electron chi connectivity index (χ1n) is 6.03. The number of aryl methyl sites for hydroxylation is 4. The molecule has 0 spiro atoms. The molecule has 0 aromatic heterocycles. The molecule has 0 saturated heterocycles. The zero-order chi connectivity index (χ0) is 13.6. The molecule has 0 amide bonds. The smallest absolute Gasteiger partial charge is 0.129 e. The summed E-state index contributed by atoms with van der Waals surface area (Å²) in [6.07, 6.45) is 1.85. The molecule has 2 atom stereocenters. The zero-order valence-electron chi connectivity index (χ0n) is 11.9. The molecule has 0 heterocycles. The SMILES string of the molecule is CCC(C)(P)C=O.Cc1cc(C)c(C)cc1C. The van der Waals surface area contributed by atoms with Gasteiger partial charge in [0.25, 0.3) is 0 Å². The number of hydrogen-bond acceptors (Lipinski definition) is 1. The van der Waals surface area contributed by atoms with Gasteiger partial charge < -0.3 is 4.79 Å². The maximum absolute atomic E-state index is 10.0. The second-order valence-electron chi connectivity index (χ2n) is 5.00. The molecule has 0 saturated carbocycles. The van der Waals surface area contributed by atoms with Crippen molar-refractivity contribution in [2.75, 3.05) is 0 Å². The monoisotopic (exact) mass is 252 g/mol. The Hall–Kier alpha value is -0.680.